The van der Waals surface area contributed by atoms with Crippen molar-refractivity contribution in [3.05, 3.63) is 89.0 Å². The van der Waals surface area contributed by atoms with Crippen molar-refractivity contribution in [2.45, 2.75) is 13.0 Å². The van der Waals surface area contributed by atoms with Gasteiger partial charge in [-0.1, -0.05) is 18.2 Å². The zero-order chi connectivity index (χ0) is 25.1. The summed E-state index contributed by atoms with van der Waals surface area (Å²) < 4.78 is 10.9. The van der Waals surface area contributed by atoms with E-state index in [2.05, 4.69) is 0 Å². The van der Waals surface area contributed by atoms with E-state index in [1.165, 1.54) is 36.3 Å². The number of carbonyl (C=O) groups is 2. The molecule has 1 aliphatic rings. The van der Waals surface area contributed by atoms with Crippen LogP contribution >= 0.6 is 0 Å². The van der Waals surface area contributed by atoms with Crippen molar-refractivity contribution in [3.8, 4) is 23.3 Å². The van der Waals surface area contributed by atoms with Gasteiger partial charge >= 0.3 is 0 Å². The second-order valence-corrected chi connectivity index (χ2v) is 7.69. The van der Waals surface area contributed by atoms with E-state index in [9.17, 15) is 19.8 Å². The van der Waals surface area contributed by atoms with Crippen molar-refractivity contribution < 1.29 is 29.3 Å². The zero-order valence-corrected chi connectivity index (χ0v) is 19.1. The normalized spacial score (nSPS) is 16.7. The average Bonchev–Trinajstić information content (AvgIpc) is 3.15. The summed E-state index contributed by atoms with van der Waals surface area (Å²) in [6, 6.07) is 18.3. The van der Waals surface area contributed by atoms with E-state index >= 15 is 0 Å². The maximum atomic E-state index is 13.3. The lowest BCUT2D eigenvalue weighted by molar-refractivity contribution is -0.132. The fourth-order valence-corrected chi connectivity index (χ4v) is 4.07. The second-order valence-electron chi connectivity index (χ2n) is 7.69. The number of ketones is 1. The van der Waals surface area contributed by atoms with Crippen molar-refractivity contribution in [1.82, 2.24) is 0 Å². The highest BCUT2D eigenvalue weighted by Gasteiger charge is 2.47. The van der Waals surface area contributed by atoms with Crippen molar-refractivity contribution in [1.29, 1.82) is 5.26 Å². The van der Waals surface area contributed by atoms with Gasteiger partial charge in [-0.3, -0.25) is 14.5 Å². The minimum Gasteiger partial charge on any atom is -0.507 e. The van der Waals surface area contributed by atoms with Crippen LogP contribution in [0.4, 0.5) is 5.69 Å². The molecule has 35 heavy (non-hydrogen) atoms. The molecule has 0 radical (unpaired) electrons. The van der Waals surface area contributed by atoms with Crippen LogP contribution in [-0.4, -0.2) is 35.6 Å². The number of rotatable bonds is 6. The Morgan fingerprint density at radius 2 is 1.77 bits per heavy atom. The number of anilines is 1. The lowest BCUT2D eigenvalue weighted by Crippen LogP contribution is -2.29. The molecule has 1 atom stereocenters. The third-order valence-electron chi connectivity index (χ3n) is 5.68. The number of aromatic hydroxyl groups is 1. The van der Waals surface area contributed by atoms with E-state index in [-0.39, 0.29) is 29.2 Å². The SMILES string of the molecule is CCOc1cc(C2/C(=C(/O)c3ccccc3OC)C(=O)C(=O)N2c2ccc(C#N)cc2)ccc1O. The molecule has 1 aliphatic heterocycles. The maximum absolute atomic E-state index is 13.3. The summed E-state index contributed by atoms with van der Waals surface area (Å²) in [4.78, 5) is 27.8. The van der Waals surface area contributed by atoms with Gasteiger partial charge in [-0.05, 0) is 61.0 Å². The number of amides is 1. The molecule has 3 aromatic carbocycles. The summed E-state index contributed by atoms with van der Waals surface area (Å²) in [6.07, 6.45) is 0. The van der Waals surface area contributed by atoms with E-state index in [4.69, 9.17) is 14.7 Å². The molecule has 1 saturated heterocycles. The van der Waals surface area contributed by atoms with Gasteiger partial charge in [0.1, 0.15) is 11.5 Å². The molecule has 0 saturated carbocycles. The number of para-hydroxylation sites is 1. The number of nitriles is 1. The van der Waals surface area contributed by atoms with Crippen molar-refractivity contribution in [2.75, 3.05) is 18.6 Å². The molecule has 2 N–H and O–H groups in total. The van der Waals surface area contributed by atoms with Gasteiger partial charge < -0.3 is 19.7 Å². The van der Waals surface area contributed by atoms with Gasteiger partial charge in [-0.15, -0.1) is 0 Å². The molecule has 0 aliphatic carbocycles. The Balaban J connectivity index is 1.98. The monoisotopic (exact) mass is 470 g/mol. The molecule has 8 nitrogen and oxygen atoms in total. The number of aliphatic hydroxyl groups is 1. The number of Topliss-reactive ketones (excluding diaryl/α,β-unsaturated/α-hetero) is 1. The van der Waals surface area contributed by atoms with Crippen LogP contribution in [0.1, 0.15) is 29.7 Å². The van der Waals surface area contributed by atoms with E-state index in [1.54, 1.807) is 49.4 Å². The van der Waals surface area contributed by atoms with Crippen LogP contribution in [0.2, 0.25) is 0 Å². The number of phenolic OH excluding ortho intramolecular Hbond substituents is 1. The Bertz CT molecular complexity index is 1370. The Morgan fingerprint density at radius 1 is 1.06 bits per heavy atom. The average molecular weight is 470 g/mol. The molecular formula is C27H22N2O6. The third kappa shape index (κ3) is 4.15. The predicted octanol–water partition coefficient (Wildman–Crippen LogP) is 4.30. The first-order valence-electron chi connectivity index (χ1n) is 10.8. The molecule has 0 spiro atoms. The number of carbonyl (C=O) groups excluding carboxylic acids is 2. The van der Waals surface area contributed by atoms with Gasteiger partial charge in [-0.25, -0.2) is 0 Å². The zero-order valence-electron chi connectivity index (χ0n) is 19.1. The molecule has 8 heteroatoms. The standard InChI is InChI=1S/C27H22N2O6/c1-3-35-22-14-17(10-13-20(22)30)24-23(25(31)19-6-4-5-7-21(19)34-2)26(32)27(33)29(24)18-11-8-16(15-28)9-12-18/h4-14,24,30-31H,3H2,1-2H3/b25-23-. The summed E-state index contributed by atoms with van der Waals surface area (Å²) in [6.45, 7) is 2.05. The quantitative estimate of drug-likeness (QED) is 0.313. The van der Waals surface area contributed by atoms with Crippen LogP contribution in [0.25, 0.3) is 5.76 Å². The number of hydrogen-bond acceptors (Lipinski definition) is 7. The van der Waals surface area contributed by atoms with Crippen LogP contribution in [0.5, 0.6) is 17.2 Å². The van der Waals surface area contributed by atoms with Crippen LogP contribution in [0.15, 0.2) is 72.3 Å². The summed E-state index contributed by atoms with van der Waals surface area (Å²) >= 11 is 0. The fraction of sp³-hybridized carbons (Fsp3) is 0.148. The summed E-state index contributed by atoms with van der Waals surface area (Å²) in [5, 5.41) is 30.6. The number of hydrogen-bond donors (Lipinski definition) is 2. The van der Waals surface area contributed by atoms with Crippen molar-refractivity contribution in [2.24, 2.45) is 0 Å². The Labute approximate surface area is 201 Å². The van der Waals surface area contributed by atoms with Gasteiger partial charge in [0.15, 0.2) is 11.5 Å². The first kappa shape index (κ1) is 23.4. The predicted molar refractivity (Wildman–Crippen MR) is 128 cm³/mol. The first-order valence-corrected chi connectivity index (χ1v) is 10.8. The minimum atomic E-state index is -1.03. The number of ether oxygens (including phenoxy) is 2. The first-order chi connectivity index (χ1) is 16.9. The number of aliphatic hydroxyl groups excluding tert-OH is 1. The molecule has 1 amide bonds. The van der Waals surface area contributed by atoms with E-state index in [1.807, 2.05) is 6.07 Å². The lowest BCUT2D eigenvalue weighted by Gasteiger charge is -2.26. The Kier molecular flexibility index (Phi) is 6.42. The topological polar surface area (TPSA) is 120 Å². The molecule has 0 bridgehead atoms. The summed E-state index contributed by atoms with van der Waals surface area (Å²) in [5.41, 5.74) is 1.30. The van der Waals surface area contributed by atoms with Gasteiger partial charge in [0.25, 0.3) is 11.7 Å². The summed E-state index contributed by atoms with van der Waals surface area (Å²) in [7, 11) is 1.44. The highest BCUT2D eigenvalue weighted by Crippen LogP contribution is 2.44. The Morgan fingerprint density at radius 3 is 2.43 bits per heavy atom. The Hall–Kier alpha value is -4.77. The number of nitrogens with zero attached hydrogens (tertiary/aromatic N) is 2. The second kappa shape index (κ2) is 9.61. The molecule has 3 aromatic rings. The van der Waals surface area contributed by atoms with Crippen molar-refractivity contribution in [3.63, 3.8) is 0 Å². The van der Waals surface area contributed by atoms with Crippen LogP contribution in [0, 0.1) is 11.3 Å². The van der Waals surface area contributed by atoms with Gasteiger partial charge in [0.05, 0.1) is 42.5 Å². The van der Waals surface area contributed by atoms with Gasteiger partial charge in [-0.2, -0.15) is 5.26 Å². The molecular weight excluding hydrogens is 448 g/mol. The number of methoxy groups -OCH3 is 1. The molecule has 1 fully saturated rings. The largest absolute Gasteiger partial charge is 0.507 e. The molecule has 1 heterocycles. The maximum Gasteiger partial charge on any atom is 0.300 e. The van der Waals surface area contributed by atoms with Gasteiger partial charge in [0, 0.05) is 5.69 Å². The van der Waals surface area contributed by atoms with E-state index in [0.29, 0.717) is 22.6 Å². The number of phenols is 1. The smallest absolute Gasteiger partial charge is 0.300 e. The van der Waals surface area contributed by atoms with Crippen LogP contribution in [-0.2, 0) is 9.59 Å². The molecule has 176 valence electrons. The van der Waals surface area contributed by atoms with Crippen LogP contribution in [0.3, 0.4) is 0 Å². The van der Waals surface area contributed by atoms with Gasteiger partial charge in [0.2, 0.25) is 0 Å². The fourth-order valence-electron chi connectivity index (χ4n) is 4.07. The molecule has 1 unspecified atom stereocenters. The number of benzene rings is 3. The highest BCUT2D eigenvalue weighted by atomic mass is 16.5. The van der Waals surface area contributed by atoms with Crippen LogP contribution < -0.4 is 14.4 Å². The third-order valence-corrected chi connectivity index (χ3v) is 5.68. The molecule has 0 aromatic heterocycles. The van der Waals surface area contributed by atoms with Crippen molar-refractivity contribution >= 4 is 23.1 Å². The van der Waals surface area contributed by atoms with E-state index in [0.717, 1.165) is 0 Å². The molecule has 4 rings (SSSR count). The summed E-state index contributed by atoms with van der Waals surface area (Å²) in [5.74, 6) is -1.72. The van der Waals surface area contributed by atoms with E-state index < -0.39 is 23.5 Å². The lowest BCUT2D eigenvalue weighted by atomic mass is 9.94. The highest BCUT2D eigenvalue weighted by molar-refractivity contribution is 6.51. The minimum absolute atomic E-state index is 0.101.